The molecule has 0 aromatic carbocycles. The number of aromatic nitrogens is 2. The molecule has 0 aliphatic carbocycles. The monoisotopic (exact) mass is 209 g/mol. The first-order chi connectivity index (χ1) is 7.19. The van der Waals surface area contributed by atoms with Gasteiger partial charge < -0.3 is 10.5 Å². The zero-order valence-electron chi connectivity index (χ0n) is 9.71. The maximum absolute atomic E-state index is 5.85. The highest BCUT2D eigenvalue weighted by Gasteiger charge is 2.06. The number of hydrogen-bond acceptors (Lipinski definition) is 4. The minimum atomic E-state index is 0.623. The van der Waals surface area contributed by atoms with Crippen LogP contribution in [0.1, 0.15) is 30.4 Å². The van der Waals surface area contributed by atoms with Crippen molar-refractivity contribution in [2.24, 2.45) is 0 Å². The van der Waals surface area contributed by atoms with Gasteiger partial charge in [0.25, 0.3) is 0 Å². The van der Waals surface area contributed by atoms with Gasteiger partial charge in [-0.05, 0) is 19.8 Å². The van der Waals surface area contributed by atoms with Gasteiger partial charge >= 0.3 is 0 Å². The number of nitrogens with zero attached hydrogens (tertiary/aromatic N) is 2. The van der Waals surface area contributed by atoms with E-state index in [0.717, 1.165) is 43.0 Å². The first-order valence-electron chi connectivity index (χ1n) is 5.29. The van der Waals surface area contributed by atoms with E-state index in [4.69, 9.17) is 10.5 Å². The van der Waals surface area contributed by atoms with Crippen LogP contribution in [0.4, 0.5) is 5.82 Å². The van der Waals surface area contributed by atoms with E-state index in [2.05, 4.69) is 16.9 Å². The highest BCUT2D eigenvalue weighted by Crippen LogP contribution is 2.14. The molecule has 0 spiro atoms. The molecule has 0 fully saturated rings. The van der Waals surface area contributed by atoms with Gasteiger partial charge in [-0.2, -0.15) is 0 Å². The van der Waals surface area contributed by atoms with Crippen molar-refractivity contribution >= 4 is 5.82 Å². The van der Waals surface area contributed by atoms with Crippen molar-refractivity contribution < 1.29 is 4.74 Å². The number of ether oxygens (including phenoxy) is 1. The normalized spacial score (nSPS) is 10.6. The molecule has 1 heterocycles. The molecular formula is C11H19N3O. The molecule has 0 aliphatic heterocycles. The minimum Gasteiger partial charge on any atom is -0.385 e. The average Bonchev–Trinajstić information content (AvgIpc) is 2.18. The summed E-state index contributed by atoms with van der Waals surface area (Å²) in [6.07, 6.45) is 2.64. The molecule has 0 saturated carbocycles. The van der Waals surface area contributed by atoms with Crippen molar-refractivity contribution in [3.05, 3.63) is 17.1 Å². The number of hydrogen-bond donors (Lipinski definition) is 1. The van der Waals surface area contributed by atoms with E-state index in [1.807, 2.05) is 6.92 Å². The van der Waals surface area contributed by atoms with Crippen molar-refractivity contribution in [1.82, 2.24) is 9.97 Å². The molecule has 84 valence electrons. The van der Waals surface area contributed by atoms with Crippen molar-refractivity contribution in [1.29, 1.82) is 0 Å². The summed E-state index contributed by atoms with van der Waals surface area (Å²) in [5.74, 6) is 1.44. The van der Waals surface area contributed by atoms with Crippen LogP contribution in [0.25, 0.3) is 0 Å². The van der Waals surface area contributed by atoms with E-state index in [1.54, 1.807) is 7.11 Å². The molecule has 4 heteroatoms. The molecule has 0 bridgehead atoms. The lowest BCUT2D eigenvalue weighted by molar-refractivity contribution is 0.194. The molecule has 4 nitrogen and oxygen atoms in total. The number of nitrogen functional groups attached to an aromatic ring is 1. The van der Waals surface area contributed by atoms with Gasteiger partial charge in [0.05, 0.1) is 0 Å². The smallest absolute Gasteiger partial charge is 0.131 e. The Morgan fingerprint density at radius 3 is 2.60 bits per heavy atom. The molecule has 1 aromatic heterocycles. The van der Waals surface area contributed by atoms with Gasteiger partial charge in [-0.15, -0.1) is 0 Å². The lowest BCUT2D eigenvalue weighted by atomic mass is 10.1. The van der Waals surface area contributed by atoms with Gasteiger partial charge in [0.15, 0.2) is 0 Å². The number of aryl methyl sites for hydroxylation is 2. The Morgan fingerprint density at radius 2 is 2.07 bits per heavy atom. The summed E-state index contributed by atoms with van der Waals surface area (Å²) in [4.78, 5) is 8.72. The summed E-state index contributed by atoms with van der Waals surface area (Å²) in [5, 5.41) is 0. The van der Waals surface area contributed by atoms with Crippen LogP contribution in [-0.4, -0.2) is 23.7 Å². The highest BCUT2D eigenvalue weighted by atomic mass is 16.5. The Morgan fingerprint density at radius 1 is 1.33 bits per heavy atom. The standard InChI is InChI=1S/C11H19N3O/c1-4-9-8(2)13-10(14-11(9)12)6-5-7-15-3/h4-7H2,1-3H3,(H2,12,13,14). The maximum Gasteiger partial charge on any atom is 0.131 e. The average molecular weight is 209 g/mol. The molecule has 2 N–H and O–H groups in total. The Labute approximate surface area is 90.9 Å². The van der Waals surface area contributed by atoms with Gasteiger partial charge in [-0.3, -0.25) is 0 Å². The Hall–Kier alpha value is -1.16. The van der Waals surface area contributed by atoms with Crippen LogP contribution >= 0.6 is 0 Å². The minimum absolute atomic E-state index is 0.623. The third kappa shape index (κ3) is 3.16. The molecule has 0 aliphatic rings. The first kappa shape index (κ1) is 11.9. The van der Waals surface area contributed by atoms with Crippen LogP contribution in [0.5, 0.6) is 0 Å². The summed E-state index contributed by atoms with van der Waals surface area (Å²) in [5.41, 5.74) is 7.91. The van der Waals surface area contributed by atoms with Gasteiger partial charge in [0.1, 0.15) is 11.6 Å². The number of anilines is 1. The maximum atomic E-state index is 5.85. The summed E-state index contributed by atoms with van der Waals surface area (Å²) < 4.78 is 4.98. The quantitative estimate of drug-likeness (QED) is 0.747. The largest absolute Gasteiger partial charge is 0.385 e. The van der Waals surface area contributed by atoms with E-state index in [0.29, 0.717) is 5.82 Å². The van der Waals surface area contributed by atoms with Crippen LogP contribution in [-0.2, 0) is 17.6 Å². The summed E-state index contributed by atoms with van der Waals surface area (Å²) in [6.45, 7) is 4.78. The molecule has 0 saturated heterocycles. The van der Waals surface area contributed by atoms with Crippen LogP contribution in [0, 0.1) is 6.92 Å². The SMILES string of the molecule is CCc1c(C)nc(CCCOC)nc1N. The molecule has 15 heavy (non-hydrogen) atoms. The molecular weight excluding hydrogens is 190 g/mol. The second kappa shape index (κ2) is 5.66. The van der Waals surface area contributed by atoms with Gasteiger partial charge in [-0.25, -0.2) is 9.97 Å². The first-order valence-corrected chi connectivity index (χ1v) is 5.29. The second-order valence-electron chi connectivity index (χ2n) is 3.54. The Kier molecular flexibility index (Phi) is 4.49. The fourth-order valence-electron chi connectivity index (χ4n) is 1.60. The molecule has 1 rings (SSSR count). The van der Waals surface area contributed by atoms with Crippen molar-refractivity contribution in [2.45, 2.75) is 33.1 Å². The summed E-state index contributed by atoms with van der Waals surface area (Å²) in [7, 11) is 1.70. The van der Waals surface area contributed by atoms with Crippen molar-refractivity contribution in [2.75, 3.05) is 19.5 Å². The molecule has 0 atom stereocenters. The van der Waals surface area contributed by atoms with Crippen molar-refractivity contribution in [3.8, 4) is 0 Å². The van der Waals surface area contributed by atoms with E-state index >= 15 is 0 Å². The number of rotatable bonds is 5. The highest BCUT2D eigenvalue weighted by molar-refractivity contribution is 5.41. The predicted molar refractivity (Wildman–Crippen MR) is 60.8 cm³/mol. The topological polar surface area (TPSA) is 61.0 Å². The Balaban J connectivity index is 2.75. The van der Waals surface area contributed by atoms with Crippen LogP contribution < -0.4 is 5.73 Å². The molecule has 0 radical (unpaired) electrons. The Bertz CT molecular complexity index is 303. The van der Waals surface area contributed by atoms with E-state index in [-0.39, 0.29) is 0 Å². The number of nitrogens with two attached hydrogens (primary N) is 1. The van der Waals surface area contributed by atoms with Gasteiger partial charge in [0, 0.05) is 31.4 Å². The molecule has 0 amide bonds. The van der Waals surface area contributed by atoms with Crippen LogP contribution in [0.2, 0.25) is 0 Å². The third-order valence-corrected chi connectivity index (χ3v) is 2.39. The van der Waals surface area contributed by atoms with E-state index in [9.17, 15) is 0 Å². The predicted octanol–water partition coefficient (Wildman–Crippen LogP) is 1.51. The second-order valence-corrected chi connectivity index (χ2v) is 3.54. The van der Waals surface area contributed by atoms with E-state index in [1.165, 1.54) is 0 Å². The van der Waals surface area contributed by atoms with Crippen LogP contribution in [0.3, 0.4) is 0 Å². The lowest BCUT2D eigenvalue weighted by Crippen LogP contribution is -2.07. The van der Waals surface area contributed by atoms with E-state index < -0.39 is 0 Å². The number of methoxy groups -OCH3 is 1. The zero-order chi connectivity index (χ0) is 11.3. The van der Waals surface area contributed by atoms with Crippen LogP contribution in [0.15, 0.2) is 0 Å². The van der Waals surface area contributed by atoms with Gasteiger partial charge in [-0.1, -0.05) is 6.92 Å². The lowest BCUT2D eigenvalue weighted by Gasteiger charge is -2.08. The fourth-order valence-corrected chi connectivity index (χ4v) is 1.60. The zero-order valence-corrected chi connectivity index (χ0v) is 9.71. The third-order valence-electron chi connectivity index (χ3n) is 2.39. The van der Waals surface area contributed by atoms with Gasteiger partial charge in [0.2, 0.25) is 0 Å². The van der Waals surface area contributed by atoms with Crippen molar-refractivity contribution in [3.63, 3.8) is 0 Å². The molecule has 1 aromatic rings. The molecule has 0 unspecified atom stereocenters. The fraction of sp³-hybridized carbons (Fsp3) is 0.636. The summed E-state index contributed by atoms with van der Waals surface area (Å²) >= 11 is 0. The summed E-state index contributed by atoms with van der Waals surface area (Å²) in [6, 6.07) is 0.